The van der Waals surface area contributed by atoms with Crippen LogP contribution in [0.5, 0.6) is 0 Å². The zero-order valence-electron chi connectivity index (χ0n) is 12.5. The smallest absolute Gasteiger partial charge is 0.0678 e. The van der Waals surface area contributed by atoms with Gasteiger partial charge in [0.15, 0.2) is 0 Å². The van der Waals surface area contributed by atoms with Crippen LogP contribution in [0.25, 0.3) is 0 Å². The first-order valence-corrected chi connectivity index (χ1v) is 5.80. The van der Waals surface area contributed by atoms with Gasteiger partial charge in [-0.15, -0.1) is 0 Å². The van der Waals surface area contributed by atoms with Crippen molar-refractivity contribution in [2.24, 2.45) is 5.41 Å². The monoisotopic (exact) mass is 226 g/mol. The minimum atomic E-state index is -0.0288. The topological polar surface area (TPSA) is 9.23 Å². The van der Waals surface area contributed by atoms with Crippen LogP contribution in [0.3, 0.4) is 0 Å². The van der Waals surface area contributed by atoms with Gasteiger partial charge >= 0.3 is 0 Å². The molecule has 0 fully saturated rings. The van der Waals surface area contributed by atoms with Gasteiger partial charge in [-0.1, -0.05) is 45.1 Å². The van der Waals surface area contributed by atoms with Crippen LogP contribution >= 0.6 is 0 Å². The largest absolute Gasteiger partial charge is 0.372 e. The molecule has 0 atom stereocenters. The molecule has 0 heterocycles. The van der Waals surface area contributed by atoms with Gasteiger partial charge in [-0.3, -0.25) is 0 Å². The van der Waals surface area contributed by atoms with Crippen LogP contribution in [-0.4, -0.2) is 12.2 Å². The molecule has 0 amide bonds. The third kappa shape index (κ3) is 15.9. The highest BCUT2D eigenvalue weighted by molar-refractivity contribution is 4.99. The molecule has 0 aliphatic rings. The summed E-state index contributed by atoms with van der Waals surface area (Å²) < 4.78 is 5.39. The van der Waals surface area contributed by atoms with Crippen molar-refractivity contribution in [3.05, 3.63) is 24.3 Å². The third-order valence-corrected chi connectivity index (χ3v) is 2.03. The summed E-state index contributed by atoms with van der Waals surface area (Å²) in [4.78, 5) is 0. The maximum Gasteiger partial charge on any atom is 0.0678 e. The molecule has 0 aliphatic heterocycles. The summed E-state index contributed by atoms with van der Waals surface area (Å²) in [6, 6.07) is 0. The van der Waals surface area contributed by atoms with Crippen molar-refractivity contribution < 1.29 is 4.74 Å². The van der Waals surface area contributed by atoms with Crippen LogP contribution in [-0.2, 0) is 4.74 Å². The van der Waals surface area contributed by atoms with Gasteiger partial charge in [0.25, 0.3) is 0 Å². The maximum atomic E-state index is 5.39. The minimum absolute atomic E-state index is 0.0288. The van der Waals surface area contributed by atoms with Gasteiger partial charge in [0, 0.05) is 0 Å². The molecular formula is C15H30O. The van der Waals surface area contributed by atoms with E-state index in [4.69, 9.17) is 4.74 Å². The first-order chi connectivity index (χ1) is 6.86. The fraction of sp³-hybridized carbons (Fsp3) is 0.733. The van der Waals surface area contributed by atoms with E-state index in [0.29, 0.717) is 12.0 Å². The van der Waals surface area contributed by atoms with Gasteiger partial charge in [-0.2, -0.15) is 0 Å². The number of hydrogen-bond donors (Lipinski definition) is 0. The Kier molecular flexibility index (Phi) is 7.69. The van der Waals surface area contributed by atoms with Gasteiger partial charge in [0.2, 0.25) is 0 Å². The van der Waals surface area contributed by atoms with Gasteiger partial charge in [0.05, 0.1) is 12.2 Å². The zero-order chi connectivity index (χ0) is 13.6. The Morgan fingerprint density at radius 2 is 1.25 bits per heavy atom. The van der Waals surface area contributed by atoms with Gasteiger partial charge in [-0.05, 0) is 40.0 Å². The van der Waals surface area contributed by atoms with E-state index in [-0.39, 0.29) is 5.60 Å². The Balaban J connectivity index is 0. The van der Waals surface area contributed by atoms with E-state index in [9.17, 15) is 0 Å². The zero-order valence-corrected chi connectivity index (χ0v) is 12.5. The normalized spacial score (nSPS) is 11.5. The van der Waals surface area contributed by atoms with E-state index in [1.807, 2.05) is 27.7 Å². The van der Waals surface area contributed by atoms with E-state index >= 15 is 0 Å². The van der Waals surface area contributed by atoms with Crippen molar-refractivity contribution >= 4 is 0 Å². The minimum Gasteiger partial charge on any atom is -0.372 e. The maximum absolute atomic E-state index is 5.39. The summed E-state index contributed by atoms with van der Waals surface area (Å²) in [5, 5.41) is 0. The highest BCUT2D eigenvalue weighted by Gasteiger charge is 2.09. The molecule has 0 unspecified atom stereocenters. The fourth-order valence-electron chi connectivity index (χ4n) is 0.340. The van der Waals surface area contributed by atoms with Crippen molar-refractivity contribution in [2.45, 2.75) is 61.0 Å². The molecular weight excluding hydrogens is 196 g/mol. The molecule has 1 heteroatoms. The second-order valence-corrected chi connectivity index (χ2v) is 6.39. The van der Waals surface area contributed by atoms with Crippen LogP contribution < -0.4 is 0 Å². The molecule has 0 saturated carbocycles. The summed E-state index contributed by atoms with van der Waals surface area (Å²) in [7, 11) is 0. The van der Waals surface area contributed by atoms with Gasteiger partial charge in [0.1, 0.15) is 0 Å². The molecule has 0 aromatic carbocycles. The SMILES string of the molecule is C=C(C)C(C)(C)C.C=C(C)COC(C)(C)C. The molecule has 0 aliphatic carbocycles. The average molecular weight is 226 g/mol. The molecule has 1 nitrogen and oxygen atoms in total. The summed E-state index contributed by atoms with van der Waals surface area (Å²) in [5.74, 6) is 0. The van der Waals surface area contributed by atoms with Crippen molar-refractivity contribution in [1.29, 1.82) is 0 Å². The Hall–Kier alpha value is -0.560. The number of hydrogen-bond acceptors (Lipinski definition) is 1. The lowest BCUT2D eigenvalue weighted by Crippen LogP contribution is -2.19. The number of rotatable bonds is 2. The van der Waals surface area contributed by atoms with E-state index in [1.54, 1.807) is 0 Å². The molecule has 0 spiro atoms. The van der Waals surface area contributed by atoms with E-state index < -0.39 is 0 Å². The highest BCUT2D eigenvalue weighted by atomic mass is 16.5. The van der Waals surface area contributed by atoms with Crippen molar-refractivity contribution in [3.8, 4) is 0 Å². The molecule has 16 heavy (non-hydrogen) atoms. The lowest BCUT2D eigenvalue weighted by atomic mass is 9.89. The second-order valence-electron chi connectivity index (χ2n) is 6.39. The van der Waals surface area contributed by atoms with Crippen molar-refractivity contribution in [3.63, 3.8) is 0 Å². The van der Waals surface area contributed by atoms with Crippen molar-refractivity contribution in [2.75, 3.05) is 6.61 Å². The van der Waals surface area contributed by atoms with Crippen LogP contribution in [0.15, 0.2) is 24.3 Å². The van der Waals surface area contributed by atoms with Crippen LogP contribution in [0.2, 0.25) is 0 Å². The quantitative estimate of drug-likeness (QED) is 0.603. The Labute approximate surface area is 103 Å². The Bertz CT molecular complexity index is 223. The lowest BCUT2D eigenvalue weighted by Gasteiger charge is -2.19. The first kappa shape index (κ1) is 17.8. The fourth-order valence-corrected chi connectivity index (χ4v) is 0.340. The summed E-state index contributed by atoms with van der Waals surface area (Å²) in [5.41, 5.74) is 2.59. The summed E-state index contributed by atoms with van der Waals surface area (Å²) >= 11 is 0. The lowest BCUT2D eigenvalue weighted by molar-refractivity contribution is 0.0113. The predicted octanol–water partition coefficient (Wildman–Crippen LogP) is 4.99. The molecule has 0 saturated heterocycles. The predicted molar refractivity (Wildman–Crippen MR) is 74.8 cm³/mol. The highest BCUT2D eigenvalue weighted by Crippen LogP contribution is 2.21. The summed E-state index contributed by atoms with van der Waals surface area (Å²) in [6.07, 6.45) is 0. The molecule has 96 valence electrons. The standard InChI is InChI=1S/C8H16O.C7H14/c1-7(2)6-9-8(3,4)5;1-6(2)7(3,4)5/h1,6H2,2-5H3;1H2,2-5H3. The molecule has 0 N–H and O–H groups in total. The molecule has 0 bridgehead atoms. The number of ether oxygens (including phenoxy) is 1. The van der Waals surface area contributed by atoms with Crippen LogP contribution in [0.4, 0.5) is 0 Å². The average Bonchev–Trinajstić information content (AvgIpc) is 1.99. The Morgan fingerprint density at radius 1 is 0.938 bits per heavy atom. The summed E-state index contributed by atoms with van der Waals surface area (Å²) in [6.45, 7) is 24.8. The van der Waals surface area contributed by atoms with Gasteiger partial charge in [-0.25, -0.2) is 0 Å². The van der Waals surface area contributed by atoms with Crippen LogP contribution in [0, 0.1) is 5.41 Å². The Morgan fingerprint density at radius 3 is 1.31 bits per heavy atom. The third-order valence-electron chi connectivity index (χ3n) is 2.03. The molecule has 0 aromatic rings. The second kappa shape index (κ2) is 6.90. The van der Waals surface area contributed by atoms with E-state index in [2.05, 4.69) is 40.9 Å². The first-order valence-electron chi connectivity index (χ1n) is 5.80. The molecule has 0 radical (unpaired) electrons. The van der Waals surface area contributed by atoms with Crippen LogP contribution in [0.1, 0.15) is 55.4 Å². The van der Waals surface area contributed by atoms with E-state index in [0.717, 1.165) is 5.57 Å². The molecule has 0 rings (SSSR count). The molecule has 0 aromatic heterocycles. The number of allylic oxidation sites excluding steroid dienone is 1. The van der Waals surface area contributed by atoms with Crippen molar-refractivity contribution in [1.82, 2.24) is 0 Å². The van der Waals surface area contributed by atoms with E-state index in [1.165, 1.54) is 5.57 Å². The van der Waals surface area contributed by atoms with Gasteiger partial charge < -0.3 is 4.74 Å².